The molecule has 0 saturated heterocycles. The topological polar surface area (TPSA) is 49.4 Å². The van der Waals surface area contributed by atoms with Crippen molar-refractivity contribution in [1.82, 2.24) is 0 Å². The van der Waals surface area contributed by atoms with Gasteiger partial charge >= 0.3 is 0 Å². The van der Waals surface area contributed by atoms with Gasteiger partial charge in [0, 0.05) is 24.5 Å². The highest BCUT2D eigenvalue weighted by molar-refractivity contribution is 6.67. The van der Waals surface area contributed by atoms with E-state index < -0.39 is 5.24 Å². The molecule has 31 heavy (non-hydrogen) atoms. The fourth-order valence-electron chi connectivity index (χ4n) is 3.85. The zero-order valence-corrected chi connectivity index (χ0v) is 20.3. The number of amides is 1. The van der Waals surface area contributed by atoms with Gasteiger partial charge in [0.2, 0.25) is 11.1 Å². The second-order valence-electron chi connectivity index (χ2n) is 7.49. The van der Waals surface area contributed by atoms with Gasteiger partial charge in [0.1, 0.15) is 5.88 Å². The molecule has 168 valence electrons. The number of anilines is 2. The SMILES string of the molecule is Cc1cccc2c1N(C(=O)CCl)CCC2.Cc1cccc2c1NCCC2.O=C(Cl)CCl. The van der Waals surface area contributed by atoms with Crippen molar-refractivity contribution in [2.75, 3.05) is 35.1 Å². The van der Waals surface area contributed by atoms with Crippen LogP contribution in [0.25, 0.3) is 0 Å². The van der Waals surface area contributed by atoms with Crippen LogP contribution < -0.4 is 10.2 Å². The number of carbonyl (C=O) groups is 2. The Bertz CT molecular complexity index is 902. The van der Waals surface area contributed by atoms with Gasteiger partial charge in [-0.15, -0.1) is 23.2 Å². The first-order chi connectivity index (χ1) is 14.9. The van der Waals surface area contributed by atoms with E-state index in [4.69, 9.17) is 34.8 Å². The summed E-state index contributed by atoms with van der Waals surface area (Å²) in [5.74, 6) is -0.0260. The van der Waals surface area contributed by atoms with Gasteiger partial charge in [-0.2, -0.15) is 0 Å². The van der Waals surface area contributed by atoms with Gasteiger partial charge in [0.25, 0.3) is 0 Å². The Morgan fingerprint density at radius 3 is 2.16 bits per heavy atom. The van der Waals surface area contributed by atoms with E-state index in [2.05, 4.69) is 36.5 Å². The minimum Gasteiger partial charge on any atom is -0.385 e. The summed E-state index contributed by atoms with van der Waals surface area (Å²) >= 11 is 15.2. The van der Waals surface area contributed by atoms with Crippen LogP contribution in [0.1, 0.15) is 35.1 Å². The van der Waals surface area contributed by atoms with Gasteiger partial charge in [0.15, 0.2) is 0 Å². The zero-order chi connectivity index (χ0) is 22.8. The molecular weight excluding hydrogens is 455 g/mol. The predicted octanol–water partition coefficient (Wildman–Crippen LogP) is 5.86. The Morgan fingerprint density at radius 1 is 0.935 bits per heavy atom. The first-order valence-electron chi connectivity index (χ1n) is 10.4. The van der Waals surface area contributed by atoms with Crippen molar-refractivity contribution >= 4 is 57.3 Å². The molecule has 1 N–H and O–H groups in total. The van der Waals surface area contributed by atoms with Crippen LogP contribution >= 0.6 is 34.8 Å². The molecule has 4 nitrogen and oxygen atoms in total. The Hall–Kier alpha value is -1.75. The van der Waals surface area contributed by atoms with E-state index in [1.54, 1.807) is 0 Å². The van der Waals surface area contributed by atoms with E-state index >= 15 is 0 Å². The number of alkyl halides is 2. The number of para-hydroxylation sites is 2. The van der Waals surface area contributed by atoms with Gasteiger partial charge < -0.3 is 10.2 Å². The molecule has 0 aliphatic carbocycles. The Labute approximate surface area is 199 Å². The predicted molar refractivity (Wildman–Crippen MR) is 132 cm³/mol. The summed E-state index contributed by atoms with van der Waals surface area (Å²) in [6.45, 7) is 6.14. The van der Waals surface area contributed by atoms with E-state index in [-0.39, 0.29) is 17.7 Å². The normalized spacial score (nSPS) is 13.9. The van der Waals surface area contributed by atoms with E-state index in [0.717, 1.165) is 37.2 Å². The molecule has 0 atom stereocenters. The maximum Gasteiger partial charge on any atom is 0.241 e. The van der Waals surface area contributed by atoms with Gasteiger partial charge in [-0.25, -0.2) is 0 Å². The van der Waals surface area contributed by atoms with Crippen molar-refractivity contribution in [3.8, 4) is 0 Å². The average molecular weight is 484 g/mol. The third-order valence-corrected chi connectivity index (χ3v) is 5.97. The van der Waals surface area contributed by atoms with E-state index in [9.17, 15) is 9.59 Å². The number of nitrogens with zero attached hydrogens (tertiary/aromatic N) is 1. The summed E-state index contributed by atoms with van der Waals surface area (Å²) in [5.41, 5.74) is 7.73. The van der Waals surface area contributed by atoms with E-state index in [1.807, 2.05) is 24.0 Å². The molecule has 0 bridgehead atoms. The molecule has 2 aliphatic heterocycles. The first-order valence-corrected chi connectivity index (χ1v) is 11.8. The third-order valence-electron chi connectivity index (χ3n) is 5.22. The summed E-state index contributed by atoms with van der Waals surface area (Å²) in [6, 6.07) is 12.7. The minimum atomic E-state index is -0.508. The molecule has 0 fully saturated rings. The number of nitrogens with one attached hydrogen (secondary N) is 1. The summed E-state index contributed by atoms with van der Waals surface area (Å²) in [6.07, 6.45) is 4.60. The lowest BCUT2D eigenvalue weighted by atomic mass is 9.98. The molecule has 0 saturated carbocycles. The maximum absolute atomic E-state index is 11.7. The van der Waals surface area contributed by atoms with Crippen molar-refractivity contribution in [3.05, 3.63) is 58.7 Å². The molecule has 0 unspecified atom stereocenters. The number of aryl methyl sites for hydroxylation is 4. The number of rotatable bonds is 2. The minimum absolute atomic E-state index is 0.00640. The third kappa shape index (κ3) is 7.41. The van der Waals surface area contributed by atoms with E-state index in [1.165, 1.54) is 35.2 Å². The molecule has 1 amide bonds. The van der Waals surface area contributed by atoms with Crippen molar-refractivity contribution in [2.24, 2.45) is 0 Å². The maximum atomic E-state index is 11.7. The van der Waals surface area contributed by atoms with Crippen LogP contribution in [0.15, 0.2) is 36.4 Å². The van der Waals surface area contributed by atoms with Crippen molar-refractivity contribution in [3.63, 3.8) is 0 Å². The second kappa shape index (κ2) is 12.9. The molecule has 2 aromatic rings. The molecule has 7 heteroatoms. The van der Waals surface area contributed by atoms with Crippen LogP contribution in [0.2, 0.25) is 0 Å². The fourth-order valence-corrected chi connectivity index (χ4v) is 3.99. The summed E-state index contributed by atoms with van der Waals surface area (Å²) in [5, 5.41) is 2.92. The number of hydrogen-bond donors (Lipinski definition) is 1. The zero-order valence-electron chi connectivity index (χ0n) is 18.0. The molecular formula is C24H29Cl3N2O2. The number of hydrogen-bond acceptors (Lipinski definition) is 3. The summed E-state index contributed by atoms with van der Waals surface area (Å²) in [7, 11) is 0. The lowest BCUT2D eigenvalue weighted by molar-refractivity contribution is -0.116. The molecule has 0 radical (unpaired) electrons. The number of carbonyl (C=O) groups excluding carboxylic acids is 2. The molecule has 0 spiro atoms. The highest BCUT2D eigenvalue weighted by atomic mass is 35.5. The molecule has 2 heterocycles. The van der Waals surface area contributed by atoms with Crippen molar-refractivity contribution in [1.29, 1.82) is 0 Å². The van der Waals surface area contributed by atoms with Crippen LogP contribution in [-0.2, 0) is 22.4 Å². The summed E-state index contributed by atoms with van der Waals surface area (Å²) < 4.78 is 0. The van der Waals surface area contributed by atoms with Crippen LogP contribution in [0, 0.1) is 13.8 Å². The monoisotopic (exact) mass is 482 g/mol. The first kappa shape index (κ1) is 25.5. The van der Waals surface area contributed by atoms with Gasteiger partial charge in [-0.1, -0.05) is 36.4 Å². The second-order valence-corrected chi connectivity index (χ2v) is 8.45. The van der Waals surface area contributed by atoms with Gasteiger partial charge in [-0.05, 0) is 73.4 Å². The number of halogens is 3. The van der Waals surface area contributed by atoms with Crippen molar-refractivity contribution < 1.29 is 9.59 Å². The van der Waals surface area contributed by atoms with Crippen LogP contribution in [0.4, 0.5) is 11.4 Å². The Kier molecular flexibility index (Phi) is 10.7. The van der Waals surface area contributed by atoms with Crippen LogP contribution in [0.5, 0.6) is 0 Å². The van der Waals surface area contributed by atoms with Gasteiger partial charge in [-0.3, -0.25) is 9.59 Å². The molecule has 4 rings (SSSR count). The quantitative estimate of drug-likeness (QED) is 0.430. The highest BCUT2D eigenvalue weighted by Gasteiger charge is 2.22. The number of fused-ring (bicyclic) bond motifs is 2. The lowest BCUT2D eigenvalue weighted by Gasteiger charge is -2.30. The molecule has 2 aromatic carbocycles. The Balaban J connectivity index is 0.000000187. The lowest BCUT2D eigenvalue weighted by Crippen LogP contribution is -2.36. The van der Waals surface area contributed by atoms with Crippen molar-refractivity contribution in [2.45, 2.75) is 39.5 Å². The van der Waals surface area contributed by atoms with Gasteiger partial charge in [0.05, 0.1) is 5.88 Å². The standard InChI is InChI=1S/C12H14ClNO.C10H13N.C2H2Cl2O/c1-9-4-2-5-10-6-3-7-14(12(9)10)11(15)8-13;1-8-4-2-5-9-6-3-7-11-10(8)9;3-1-2(4)5/h2,4-5H,3,6-8H2,1H3;2,4-5,11H,3,6-7H2,1H3;1H2. The molecule has 0 aromatic heterocycles. The smallest absolute Gasteiger partial charge is 0.241 e. The molecule has 2 aliphatic rings. The summed E-state index contributed by atoms with van der Waals surface area (Å²) in [4.78, 5) is 22.9. The van der Waals surface area contributed by atoms with Crippen LogP contribution in [-0.4, -0.2) is 36.0 Å². The van der Waals surface area contributed by atoms with E-state index in [0.29, 0.717) is 0 Å². The van der Waals surface area contributed by atoms with Crippen LogP contribution in [0.3, 0.4) is 0 Å². The number of benzene rings is 2. The fraction of sp³-hybridized carbons (Fsp3) is 0.417. The Morgan fingerprint density at radius 2 is 1.55 bits per heavy atom. The average Bonchev–Trinajstić information content (AvgIpc) is 2.79. The largest absolute Gasteiger partial charge is 0.385 e. The highest BCUT2D eigenvalue weighted by Crippen LogP contribution is 2.30.